The molecule has 0 radical (unpaired) electrons. The van der Waals surface area contributed by atoms with Gasteiger partial charge in [-0.2, -0.15) is 18.4 Å². The van der Waals surface area contributed by atoms with Gasteiger partial charge in [-0.15, -0.1) is 0 Å². The Hall–Kier alpha value is -4.63. The Morgan fingerprint density at radius 2 is 1.85 bits per heavy atom. The summed E-state index contributed by atoms with van der Waals surface area (Å²) in [6.07, 6.45) is -3.12. The lowest BCUT2D eigenvalue weighted by Crippen LogP contribution is -2.31. The lowest BCUT2D eigenvalue weighted by Gasteiger charge is -2.28. The average Bonchev–Trinajstić information content (AvgIpc) is 3.47. The first-order chi connectivity index (χ1) is 19.6. The molecule has 0 fully saturated rings. The highest BCUT2D eigenvalue weighted by molar-refractivity contribution is 8.03. The number of benzene rings is 2. The molecule has 0 saturated heterocycles. The Morgan fingerprint density at radius 3 is 2.49 bits per heavy atom. The zero-order valence-corrected chi connectivity index (χ0v) is 22.8. The number of nitrogens with one attached hydrogen (secondary N) is 3. The normalized spacial score (nSPS) is 15.2. The number of alkyl halides is 3. The van der Waals surface area contributed by atoms with Crippen molar-refractivity contribution in [2.24, 2.45) is 0 Å². The summed E-state index contributed by atoms with van der Waals surface area (Å²) in [5.74, 6) is -1.10. The van der Waals surface area contributed by atoms with Gasteiger partial charge in [-0.1, -0.05) is 17.8 Å². The van der Waals surface area contributed by atoms with Crippen molar-refractivity contribution in [3.63, 3.8) is 0 Å². The van der Waals surface area contributed by atoms with Crippen molar-refractivity contribution >= 4 is 35.0 Å². The molecule has 0 unspecified atom stereocenters. The first-order valence-corrected chi connectivity index (χ1v) is 13.4. The number of hydrogen-bond acceptors (Lipinski definition) is 7. The van der Waals surface area contributed by atoms with Crippen molar-refractivity contribution in [2.75, 3.05) is 23.0 Å². The van der Waals surface area contributed by atoms with Gasteiger partial charge in [0.25, 0.3) is 5.91 Å². The Balaban J connectivity index is 1.53. The molecule has 2 amide bonds. The van der Waals surface area contributed by atoms with Crippen molar-refractivity contribution in [2.45, 2.75) is 25.9 Å². The van der Waals surface area contributed by atoms with Crippen LogP contribution in [-0.4, -0.2) is 24.2 Å². The fourth-order valence-corrected chi connectivity index (χ4v) is 5.07. The highest BCUT2D eigenvalue weighted by atomic mass is 32.2. The van der Waals surface area contributed by atoms with Crippen LogP contribution in [0, 0.1) is 11.3 Å². The highest BCUT2D eigenvalue weighted by Gasteiger charge is 2.36. The van der Waals surface area contributed by atoms with Crippen LogP contribution in [0.4, 0.5) is 24.5 Å². The molecular formula is C29H25F3N4O4S. The van der Waals surface area contributed by atoms with Gasteiger partial charge in [-0.25, -0.2) is 0 Å². The number of hydrogen-bond donors (Lipinski definition) is 3. The highest BCUT2D eigenvalue weighted by Crippen LogP contribution is 2.41. The largest absolute Gasteiger partial charge is 0.494 e. The van der Waals surface area contributed by atoms with Crippen molar-refractivity contribution < 1.29 is 31.9 Å². The lowest BCUT2D eigenvalue weighted by molar-refractivity contribution is -0.137. The molecule has 0 spiro atoms. The third kappa shape index (κ3) is 7.12. The third-order valence-electron chi connectivity index (χ3n) is 5.96. The number of anilines is 2. The summed E-state index contributed by atoms with van der Waals surface area (Å²) in [4.78, 5) is 26.1. The molecule has 4 rings (SSSR count). The Kier molecular flexibility index (Phi) is 9.09. The second-order valence-electron chi connectivity index (χ2n) is 8.79. The van der Waals surface area contributed by atoms with Crippen LogP contribution >= 0.6 is 11.8 Å². The van der Waals surface area contributed by atoms with E-state index in [0.29, 0.717) is 34.5 Å². The maximum Gasteiger partial charge on any atom is 0.416 e. The minimum Gasteiger partial charge on any atom is -0.494 e. The van der Waals surface area contributed by atoms with Crippen molar-refractivity contribution in [1.82, 2.24) is 5.32 Å². The molecule has 3 N–H and O–H groups in total. The molecule has 2 aromatic carbocycles. The lowest BCUT2D eigenvalue weighted by atomic mass is 9.85. The number of dihydropyridines is 1. The molecule has 0 saturated carbocycles. The number of carbonyl (C=O) groups is 2. The first-order valence-electron chi connectivity index (χ1n) is 12.4. The molecule has 1 atom stereocenters. The SMILES string of the molecule is CCOc1ccc(NC(=O)C2=C(C)NC(SCC(=O)Nc3cccc(C(F)(F)F)c3)=C(C#N)[C@@H]2c2ccco2)cc1. The van der Waals surface area contributed by atoms with E-state index in [1.807, 2.05) is 6.92 Å². The number of thioether (sulfide) groups is 1. The van der Waals surface area contributed by atoms with Gasteiger partial charge < -0.3 is 25.1 Å². The number of allylic oxidation sites excluding steroid dienone is 2. The summed E-state index contributed by atoms with van der Waals surface area (Å²) < 4.78 is 50.1. The van der Waals surface area contributed by atoms with Gasteiger partial charge in [0.05, 0.1) is 52.3 Å². The quantitative estimate of drug-likeness (QED) is 0.267. The molecule has 0 bridgehead atoms. The van der Waals surface area contributed by atoms with Crippen molar-refractivity contribution in [1.29, 1.82) is 5.26 Å². The Morgan fingerprint density at radius 1 is 1.10 bits per heavy atom. The maximum absolute atomic E-state index is 13.5. The number of ether oxygens (including phenoxy) is 1. The number of amides is 2. The van der Waals surface area contributed by atoms with E-state index in [9.17, 15) is 28.0 Å². The molecule has 1 aromatic heterocycles. The molecule has 12 heteroatoms. The summed E-state index contributed by atoms with van der Waals surface area (Å²) in [5.41, 5.74) is 0.474. The van der Waals surface area contributed by atoms with Crippen molar-refractivity contribution in [3.8, 4) is 11.8 Å². The van der Waals surface area contributed by atoms with Gasteiger partial charge in [-0.05, 0) is 68.4 Å². The molecule has 8 nitrogen and oxygen atoms in total. The second-order valence-corrected chi connectivity index (χ2v) is 9.78. The topological polar surface area (TPSA) is 116 Å². The predicted molar refractivity (Wildman–Crippen MR) is 149 cm³/mol. The summed E-state index contributed by atoms with van der Waals surface area (Å²) in [6.45, 7) is 4.04. The number of nitriles is 1. The molecule has 2 heterocycles. The average molecular weight is 583 g/mol. The van der Waals surface area contributed by atoms with Gasteiger partial charge in [0.1, 0.15) is 11.5 Å². The van der Waals surface area contributed by atoms with Gasteiger partial charge >= 0.3 is 6.18 Å². The fourth-order valence-electron chi connectivity index (χ4n) is 4.18. The van der Waals surface area contributed by atoms with Gasteiger partial charge in [0.2, 0.25) is 5.91 Å². The van der Waals surface area contributed by atoms with E-state index in [2.05, 4.69) is 22.0 Å². The zero-order chi connectivity index (χ0) is 29.6. The van der Waals surface area contributed by atoms with Crippen LogP contribution in [0.1, 0.15) is 31.1 Å². The molecule has 3 aromatic rings. The minimum atomic E-state index is -4.55. The van der Waals surface area contributed by atoms with Crippen LogP contribution < -0.4 is 20.7 Å². The van der Waals surface area contributed by atoms with Crippen LogP contribution in [0.2, 0.25) is 0 Å². The Labute approximate surface area is 238 Å². The van der Waals surface area contributed by atoms with Gasteiger partial charge in [0.15, 0.2) is 0 Å². The number of furan rings is 1. The van der Waals surface area contributed by atoms with Crippen molar-refractivity contribution in [3.05, 3.63) is 100 Å². The van der Waals surface area contributed by atoms with Crippen LogP contribution in [0.25, 0.3) is 0 Å². The molecule has 1 aliphatic rings. The zero-order valence-electron chi connectivity index (χ0n) is 22.0. The molecular weight excluding hydrogens is 557 g/mol. The molecule has 41 heavy (non-hydrogen) atoms. The van der Waals surface area contributed by atoms with E-state index < -0.39 is 29.5 Å². The van der Waals surface area contributed by atoms with E-state index in [1.165, 1.54) is 18.4 Å². The van der Waals surface area contributed by atoms with Crippen LogP contribution in [0.15, 0.2) is 93.2 Å². The first kappa shape index (κ1) is 29.4. The molecule has 212 valence electrons. The number of carbonyl (C=O) groups excluding carboxylic acids is 2. The number of halogens is 3. The van der Waals surface area contributed by atoms with E-state index in [4.69, 9.17) is 9.15 Å². The number of nitrogens with zero attached hydrogens (tertiary/aromatic N) is 1. The fraction of sp³-hybridized carbons (Fsp3) is 0.207. The van der Waals surface area contributed by atoms with Gasteiger partial charge in [0, 0.05) is 17.1 Å². The monoisotopic (exact) mass is 582 g/mol. The van der Waals surface area contributed by atoms with Crippen LogP contribution in [-0.2, 0) is 15.8 Å². The smallest absolute Gasteiger partial charge is 0.416 e. The van der Waals surface area contributed by atoms with E-state index >= 15 is 0 Å². The molecule has 0 aliphatic carbocycles. The van der Waals surface area contributed by atoms with E-state index in [-0.39, 0.29) is 22.6 Å². The summed E-state index contributed by atoms with van der Waals surface area (Å²) in [5, 5.41) is 18.8. The number of rotatable bonds is 9. The third-order valence-corrected chi connectivity index (χ3v) is 6.98. The minimum absolute atomic E-state index is 0.00528. The Bertz CT molecular complexity index is 1520. The van der Waals surface area contributed by atoms with Gasteiger partial charge in [-0.3, -0.25) is 9.59 Å². The van der Waals surface area contributed by atoms with Crippen LogP contribution in [0.5, 0.6) is 5.75 Å². The van der Waals surface area contributed by atoms with E-state index in [1.54, 1.807) is 43.3 Å². The standard InChI is InChI=1S/C29H25F3N4O4S/c1-3-39-21-11-9-19(10-12-21)36-27(38)25-17(2)34-28(22(15-33)26(25)23-8-5-13-40-23)41-16-24(37)35-20-7-4-6-18(14-20)29(30,31)32/h4-14,26,34H,3,16H2,1-2H3,(H,35,37)(H,36,38)/t26-/m1/s1. The second kappa shape index (κ2) is 12.7. The summed E-state index contributed by atoms with van der Waals surface area (Å²) in [6, 6.07) is 16.6. The van der Waals surface area contributed by atoms with Crippen LogP contribution in [0.3, 0.4) is 0 Å². The molecule has 1 aliphatic heterocycles. The van der Waals surface area contributed by atoms with E-state index in [0.717, 1.165) is 23.9 Å². The maximum atomic E-state index is 13.5. The predicted octanol–water partition coefficient (Wildman–Crippen LogP) is 6.40. The summed E-state index contributed by atoms with van der Waals surface area (Å²) in [7, 11) is 0. The summed E-state index contributed by atoms with van der Waals surface area (Å²) >= 11 is 0.986.